The monoisotopic (exact) mass is 662 g/mol. The van der Waals surface area contributed by atoms with Crippen molar-refractivity contribution in [1.29, 1.82) is 0 Å². The van der Waals surface area contributed by atoms with E-state index in [2.05, 4.69) is 164 Å². The number of rotatable bonds is 3. The first kappa shape index (κ1) is 28.9. The molecule has 1 aliphatic heterocycles. The molecule has 0 bridgehead atoms. The highest BCUT2D eigenvalue weighted by Crippen LogP contribution is 2.62. The Morgan fingerprint density at radius 2 is 0.865 bits per heavy atom. The van der Waals surface area contributed by atoms with E-state index in [1.54, 1.807) is 0 Å². The summed E-state index contributed by atoms with van der Waals surface area (Å²) >= 11 is 0. The minimum Gasteiger partial charge on any atom is -0.457 e. The lowest BCUT2D eigenvalue weighted by Gasteiger charge is -2.39. The van der Waals surface area contributed by atoms with Crippen molar-refractivity contribution in [1.82, 2.24) is 9.97 Å². The minimum absolute atomic E-state index is 0.468. The van der Waals surface area contributed by atoms with Gasteiger partial charge in [-0.1, -0.05) is 152 Å². The second-order valence-corrected chi connectivity index (χ2v) is 13.7. The van der Waals surface area contributed by atoms with Gasteiger partial charge in [-0.15, -0.1) is 0 Å². The number of hydrogen-bond acceptors (Lipinski definition) is 3. The fraction of sp³-hybridized carbons (Fsp3) is 0.0204. The average molecular weight is 663 g/mol. The summed E-state index contributed by atoms with van der Waals surface area (Å²) in [6.45, 7) is 0. The smallest absolute Gasteiger partial charge is 0.132 e. The number of nitrogens with zero attached hydrogens (tertiary/aromatic N) is 2. The first-order valence-corrected chi connectivity index (χ1v) is 17.7. The van der Waals surface area contributed by atoms with Crippen molar-refractivity contribution < 1.29 is 4.74 Å². The van der Waals surface area contributed by atoms with Crippen molar-refractivity contribution in [3.05, 3.63) is 204 Å². The van der Waals surface area contributed by atoms with Crippen LogP contribution in [0, 0.1) is 0 Å². The number of hydrogen-bond donors (Lipinski definition) is 0. The second-order valence-electron chi connectivity index (χ2n) is 13.7. The zero-order chi connectivity index (χ0) is 34.2. The zero-order valence-electron chi connectivity index (χ0n) is 28.1. The van der Waals surface area contributed by atoms with Gasteiger partial charge in [-0.2, -0.15) is 0 Å². The number of pyridine rings is 2. The van der Waals surface area contributed by atoms with E-state index in [0.29, 0.717) is 0 Å². The molecule has 52 heavy (non-hydrogen) atoms. The van der Waals surface area contributed by atoms with Crippen LogP contribution in [0.15, 0.2) is 182 Å². The van der Waals surface area contributed by atoms with E-state index >= 15 is 0 Å². The van der Waals surface area contributed by atoms with Crippen LogP contribution in [0.5, 0.6) is 11.5 Å². The van der Waals surface area contributed by atoms with E-state index in [-0.39, 0.29) is 0 Å². The summed E-state index contributed by atoms with van der Waals surface area (Å²) in [6, 6.07) is 64.7. The second kappa shape index (κ2) is 11.1. The van der Waals surface area contributed by atoms with Crippen molar-refractivity contribution in [2.45, 2.75) is 5.41 Å². The highest BCUT2D eigenvalue weighted by Gasteiger charge is 2.50. The van der Waals surface area contributed by atoms with Crippen LogP contribution in [0.25, 0.3) is 66.6 Å². The first-order chi connectivity index (χ1) is 25.8. The van der Waals surface area contributed by atoms with Crippen LogP contribution in [0.2, 0.25) is 0 Å². The van der Waals surface area contributed by atoms with E-state index in [9.17, 15) is 0 Å². The summed E-state index contributed by atoms with van der Waals surface area (Å²) in [5.41, 5.74) is 15.0. The van der Waals surface area contributed by atoms with Crippen LogP contribution < -0.4 is 4.74 Å². The molecule has 7 aromatic carbocycles. The molecule has 0 N–H and O–H groups in total. The van der Waals surface area contributed by atoms with Gasteiger partial charge in [0.05, 0.1) is 27.8 Å². The number of aromatic nitrogens is 2. The van der Waals surface area contributed by atoms with Crippen LogP contribution in [-0.2, 0) is 5.41 Å². The van der Waals surface area contributed by atoms with Gasteiger partial charge in [0.15, 0.2) is 0 Å². The molecule has 1 aliphatic carbocycles. The van der Waals surface area contributed by atoms with Crippen LogP contribution >= 0.6 is 0 Å². The van der Waals surface area contributed by atoms with Crippen molar-refractivity contribution >= 4 is 21.8 Å². The summed E-state index contributed by atoms with van der Waals surface area (Å²) in [5.74, 6) is 1.77. The Hall–Kier alpha value is -6.84. The molecule has 11 rings (SSSR count). The standard InChI is InChI=1S/C49H30N2O/c1-2-11-31(12-3-1)43-27-24-32-21-22-33-25-28-44(51-48(33)47(32)50-43)36-14-10-13-34(29-36)35-23-26-42-46(30-35)52-45-20-9-8-19-41(45)49(42)39-17-6-4-15-37(39)38-16-5-7-18-40(38)49/h1-30H. The minimum atomic E-state index is -0.468. The van der Waals surface area contributed by atoms with Gasteiger partial charge in [-0.3, -0.25) is 0 Å². The maximum Gasteiger partial charge on any atom is 0.132 e. The molecule has 0 radical (unpaired) electrons. The Bertz CT molecular complexity index is 2850. The van der Waals surface area contributed by atoms with E-state index < -0.39 is 5.41 Å². The van der Waals surface area contributed by atoms with E-state index in [1.807, 2.05) is 18.2 Å². The predicted octanol–water partition coefficient (Wildman–Crippen LogP) is 12.3. The van der Waals surface area contributed by atoms with E-state index in [1.165, 1.54) is 27.8 Å². The molecule has 0 unspecified atom stereocenters. The van der Waals surface area contributed by atoms with Crippen molar-refractivity contribution in [2.75, 3.05) is 0 Å². The number of benzene rings is 7. The molecule has 2 aromatic heterocycles. The van der Waals surface area contributed by atoms with Crippen molar-refractivity contribution in [3.8, 4) is 56.3 Å². The lowest BCUT2D eigenvalue weighted by Crippen LogP contribution is -2.32. The van der Waals surface area contributed by atoms with Gasteiger partial charge in [-0.25, -0.2) is 9.97 Å². The van der Waals surface area contributed by atoms with Gasteiger partial charge in [0, 0.05) is 33.0 Å². The molecule has 0 amide bonds. The van der Waals surface area contributed by atoms with Crippen LogP contribution in [0.3, 0.4) is 0 Å². The Morgan fingerprint density at radius 3 is 1.58 bits per heavy atom. The Labute approximate surface area is 301 Å². The van der Waals surface area contributed by atoms with E-state index in [0.717, 1.165) is 72.5 Å². The van der Waals surface area contributed by atoms with Crippen LogP contribution in [0.4, 0.5) is 0 Å². The fourth-order valence-corrected chi connectivity index (χ4v) is 8.60. The summed E-state index contributed by atoms with van der Waals surface area (Å²) in [5, 5.41) is 2.15. The van der Waals surface area contributed by atoms with Gasteiger partial charge < -0.3 is 4.74 Å². The molecular weight excluding hydrogens is 633 g/mol. The van der Waals surface area contributed by atoms with Crippen LogP contribution in [0.1, 0.15) is 22.3 Å². The maximum absolute atomic E-state index is 6.78. The van der Waals surface area contributed by atoms with Crippen molar-refractivity contribution in [3.63, 3.8) is 0 Å². The third-order valence-electron chi connectivity index (χ3n) is 10.9. The van der Waals surface area contributed by atoms with E-state index in [4.69, 9.17) is 14.7 Å². The molecule has 3 heterocycles. The molecular formula is C49H30N2O. The lowest BCUT2D eigenvalue weighted by molar-refractivity contribution is 0.436. The average Bonchev–Trinajstić information content (AvgIpc) is 3.51. The fourth-order valence-electron chi connectivity index (χ4n) is 8.60. The van der Waals surface area contributed by atoms with Gasteiger partial charge in [0.2, 0.25) is 0 Å². The normalized spacial score (nSPS) is 13.3. The number of para-hydroxylation sites is 1. The van der Waals surface area contributed by atoms with Gasteiger partial charge in [0.1, 0.15) is 11.5 Å². The molecule has 0 saturated carbocycles. The van der Waals surface area contributed by atoms with Crippen molar-refractivity contribution in [2.24, 2.45) is 0 Å². The Morgan fingerprint density at radius 1 is 0.346 bits per heavy atom. The predicted molar refractivity (Wildman–Crippen MR) is 211 cm³/mol. The quantitative estimate of drug-likeness (QED) is 0.177. The summed E-state index contributed by atoms with van der Waals surface area (Å²) < 4.78 is 6.78. The largest absolute Gasteiger partial charge is 0.457 e. The first-order valence-electron chi connectivity index (χ1n) is 17.7. The topological polar surface area (TPSA) is 35.0 Å². The molecule has 0 saturated heterocycles. The maximum atomic E-state index is 6.78. The Balaban J connectivity index is 1.04. The van der Waals surface area contributed by atoms with Gasteiger partial charge in [0.25, 0.3) is 0 Å². The summed E-state index contributed by atoms with van der Waals surface area (Å²) in [7, 11) is 0. The molecule has 1 spiro atoms. The molecule has 3 nitrogen and oxygen atoms in total. The Kier molecular flexibility index (Phi) is 6.17. The molecule has 9 aromatic rings. The highest BCUT2D eigenvalue weighted by atomic mass is 16.5. The third-order valence-corrected chi connectivity index (χ3v) is 10.9. The lowest BCUT2D eigenvalue weighted by atomic mass is 9.66. The highest BCUT2D eigenvalue weighted by molar-refractivity contribution is 6.04. The third kappa shape index (κ3) is 4.14. The molecule has 3 heteroatoms. The zero-order valence-corrected chi connectivity index (χ0v) is 28.1. The SMILES string of the molecule is c1ccc(-c2ccc3ccc4ccc(-c5cccc(-c6ccc7c(c6)Oc6ccccc6C76c7ccccc7-c7ccccc76)c5)nc4c3n2)cc1. The molecule has 0 fully saturated rings. The van der Waals surface area contributed by atoms with Gasteiger partial charge >= 0.3 is 0 Å². The number of fused-ring (bicyclic) bond motifs is 12. The van der Waals surface area contributed by atoms with Crippen LogP contribution in [-0.4, -0.2) is 9.97 Å². The van der Waals surface area contributed by atoms with Gasteiger partial charge in [-0.05, 0) is 63.7 Å². The molecule has 0 atom stereocenters. The summed E-state index contributed by atoms with van der Waals surface area (Å²) in [6.07, 6.45) is 0. The molecule has 2 aliphatic rings. The molecule has 242 valence electrons. The number of ether oxygens (including phenoxy) is 1. The summed E-state index contributed by atoms with van der Waals surface area (Å²) in [4.78, 5) is 10.4.